The molecule has 0 unspecified atom stereocenters. The van der Waals surface area contributed by atoms with Gasteiger partial charge < -0.3 is 0 Å². The van der Waals surface area contributed by atoms with E-state index in [1.807, 2.05) is 23.1 Å². The monoisotopic (exact) mass is 456 g/mol. The van der Waals surface area contributed by atoms with Gasteiger partial charge >= 0.3 is 0 Å². The minimum absolute atomic E-state index is 0.213. The number of aromatic amines is 1. The number of amidine groups is 1. The fraction of sp³-hybridized carbons (Fsp3) is 0.444. The van der Waals surface area contributed by atoms with E-state index >= 15 is 0 Å². The molecular formula is C27H32N6O. The van der Waals surface area contributed by atoms with Crippen LogP contribution in [0.5, 0.6) is 0 Å². The van der Waals surface area contributed by atoms with Gasteiger partial charge in [-0.25, -0.2) is 0 Å². The van der Waals surface area contributed by atoms with Crippen LogP contribution in [0.25, 0.3) is 22.5 Å². The van der Waals surface area contributed by atoms with E-state index in [2.05, 4.69) is 57.9 Å². The van der Waals surface area contributed by atoms with Crippen LogP contribution < -0.4 is 0 Å². The van der Waals surface area contributed by atoms with Crippen LogP contribution in [-0.2, 0) is 11.3 Å². The summed E-state index contributed by atoms with van der Waals surface area (Å²) in [6.45, 7) is 2.79. The number of hydrogen-bond donors (Lipinski definition) is 1. The number of unbranched alkanes of at least 4 members (excludes halogenated alkanes) is 2. The highest BCUT2D eigenvalue weighted by molar-refractivity contribution is 6.08. The van der Waals surface area contributed by atoms with Crippen LogP contribution in [-0.4, -0.2) is 42.8 Å². The molecule has 0 atom stereocenters. The maximum atomic E-state index is 13.6. The molecule has 2 aromatic carbocycles. The van der Waals surface area contributed by atoms with Crippen LogP contribution in [0.2, 0.25) is 0 Å². The summed E-state index contributed by atoms with van der Waals surface area (Å²) < 4.78 is 0. The van der Waals surface area contributed by atoms with E-state index in [9.17, 15) is 4.79 Å². The molecular weight excluding hydrogens is 424 g/mol. The summed E-state index contributed by atoms with van der Waals surface area (Å²) in [4.78, 5) is 20.6. The van der Waals surface area contributed by atoms with Gasteiger partial charge in [0.2, 0.25) is 5.82 Å². The van der Waals surface area contributed by atoms with Gasteiger partial charge in [0.1, 0.15) is 11.4 Å². The molecule has 1 aliphatic heterocycles. The van der Waals surface area contributed by atoms with E-state index in [1.54, 1.807) is 0 Å². The highest BCUT2D eigenvalue weighted by Crippen LogP contribution is 2.39. The number of aliphatic imine (C=N–C) groups is 1. The summed E-state index contributed by atoms with van der Waals surface area (Å²) in [5.41, 5.74) is 3.69. The summed E-state index contributed by atoms with van der Waals surface area (Å²) in [5, 5.41) is 14.5. The standard InChI is InChI=1S/C27H32N6O/c1-2-3-5-12-24-28-27(17-8-4-9-18-27)26(34)33(24)19-20-13-15-21(16-14-20)22-10-6-7-11-23(22)25-29-31-32-30-25/h6-7,10-11,13-16H,2-5,8-9,12,17-19H2,1H3,(H,29,30,31,32). The van der Waals surface area contributed by atoms with Crippen LogP contribution in [0, 0.1) is 0 Å². The first-order valence-corrected chi connectivity index (χ1v) is 12.5. The summed E-state index contributed by atoms with van der Waals surface area (Å²) in [7, 11) is 0. The van der Waals surface area contributed by atoms with Crippen molar-refractivity contribution < 1.29 is 4.79 Å². The number of carbonyl (C=O) groups excluding carboxylic acids is 1. The molecule has 2 heterocycles. The first-order chi connectivity index (χ1) is 16.7. The van der Waals surface area contributed by atoms with E-state index in [0.717, 1.165) is 66.6 Å². The van der Waals surface area contributed by atoms with Crippen molar-refractivity contribution in [2.45, 2.75) is 76.8 Å². The highest BCUT2D eigenvalue weighted by atomic mass is 16.2. The number of tetrazole rings is 1. The van der Waals surface area contributed by atoms with E-state index in [1.165, 1.54) is 19.3 Å². The van der Waals surface area contributed by atoms with Crippen LogP contribution in [0.4, 0.5) is 0 Å². The molecule has 1 aliphatic carbocycles. The molecule has 1 amide bonds. The summed E-state index contributed by atoms with van der Waals surface area (Å²) in [5.74, 6) is 1.78. The first-order valence-electron chi connectivity index (χ1n) is 12.5. The summed E-state index contributed by atoms with van der Waals surface area (Å²) in [6.07, 6.45) is 9.50. The number of rotatable bonds is 8. The van der Waals surface area contributed by atoms with Gasteiger partial charge in [0.25, 0.3) is 5.91 Å². The average molecular weight is 457 g/mol. The van der Waals surface area contributed by atoms with Gasteiger partial charge in [-0.15, -0.1) is 10.2 Å². The van der Waals surface area contributed by atoms with Crippen LogP contribution in [0.3, 0.4) is 0 Å². The molecule has 0 saturated heterocycles. The molecule has 3 aromatic rings. The molecule has 7 nitrogen and oxygen atoms in total. The van der Waals surface area contributed by atoms with Crippen molar-refractivity contribution in [2.24, 2.45) is 4.99 Å². The predicted octanol–water partition coefficient (Wildman–Crippen LogP) is 5.56. The van der Waals surface area contributed by atoms with Gasteiger partial charge in [0.15, 0.2) is 0 Å². The lowest BCUT2D eigenvalue weighted by atomic mass is 9.82. The third-order valence-electron chi connectivity index (χ3n) is 7.10. The zero-order valence-electron chi connectivity index (χ0n) is 19.8. The fourth-order valence-corrected chi connectivity index (χ4v) is 5.25. The van der Waals surface area contributed by atoms with Gasteiger partial charge in [-0.3, -0.25) is 14.7 Å². The molecule has 5 rings (SSSR count). The zero-order chi connectivity index (χ0) is 23.4. The average Bonchev–Trinajstić information content (AvgIpc) is 3.49. The quantitative estimate of drug-likeness (QED) is 0.450. The molecule has 34 heavy (non-hydrogen) atoms. The SMILES string of the molecule is CCCCCC1=NC2(CCCCC2)C(=O)N1Cc1ccc(-c2ccccc2-c2nn[nH]n2)cc1. The molecule has 1 aromatic heterocycles. The third-order valence-corrected chi connectivity index (χ3v) is 7.10. The lowest BCUT2D eigenvalue weighted by molar-refractivity contribution is -0.132. The van der Waals surface area contributed by atoms with Crippen molar-refractivity contribution in [1.29, 1.82) is 0 Å². The highest BCUT2D eigenvalue weighted by Gasteiger charge is 2.48. The van der Waals surface area contributed by atoms with Crippen molar-refractivity contribution >= 4 is 11.7 Å². The second-order valence-electron chi connectivity index (χ2n) is 9.45. The topological polar surface area (TPSA) is 87.1 Å². The van der Waals surface area contributed by atoms with E-state index in [0.29, 0.717) is 12.4 Å². The predicted molar refractivity (Wildman–Crippen MR) is 133 cm³/mol. The Kier molecular flexibility index (Phi) is 6.52. The maximum absolute atomic E-state index is 13.6. The Morgan fingerprint density at radius 2 is 1.74 bits per heavy atom. The van der Waals surface area contributed by atoms with Crippen molar-refractivity contribution in [2.75, 3.05) is 0 Å². The van der Waals surface area contributed by atoms with Gasteiger partial charge in [0, 0.05) is 12.0 Å². The van der Waals surface area contributed by atoms with Crippen LogP contribution in [0.15, 0.2) is 53.5 Å². The molecule has 1 fully saturated rings. The Morgan fingerprint density at radius 1 is 0.971 bits per heavy atom. The van der Waals surface area contributed by atoms with Crippen LogP contribution >= 0.6 is 0 Å². The molecule has 0 radical (unpaired) electrons. The number of carbonyl (C=O) groups is 1. The molecule has 1 saturated carbocycles. The van der Waals surface area contributed by atoms with Gasteiger partial charge in [0.05, 0.1) is 6.54 Å². The molecule has 2 aliphatic rings. The smallest absolute Gasteiger partial charge is 0.256 e. The lowest BCUT2D eigenvalue weighted by Crippen LogP contribution is -2.43. The summed E-state index contributed by atoms with van der Waals surface area (Å²) in [6, 6.07) is 16.5. The van der Waals surface area contributed by atoms with Crippen molar-refractivity contribution in [1.82, 2.24) is 25.5 Å². The zero-order valence-corrected chi connectivity index (χ0v) is 19.8. The number of benzene rings is 2. The van der Waals surface area contributed by atoms with Crippen LogP contribution in [0.1, 0.15) is 70.3 Å². The largest absolute Gasteiger partial charge is 0.294 e. The fourth-order valence-electron chi connectivity index (χ4n) is 5.25. The molecule has 0 bridgehead atoms. The summed E-state index contributed by atoms with van der Waals surface area (Å²) >= 11 is 0. The molecule has 1 N–H and O–H groups in total. The number of H-pyrrole nitrogens is 1. The Hall–Kier alpha value is -3.35. The van der Waals surface area contributed by atoms with Gasteiger partial charge in [-0.2, -0.15) is 5.21 Å². The minimum Gasteiger partial charge on any atom is -0.294 e. The first kappa shape index (κ1) is 22.4. The van der Waals surface area contributed by atoms with Gasteiger partial charge in [-0.1, -0.05) is 87.6 Å². The number of amides is 1. The maximum Gasteiger partial charge on any atom is 0.256 e. The van der Waals surface area contributed by atoms with E-state index in [-0.39, 0.29) is 5.91 Å². The Labute approximate surface area is 200 Å². The lowest BCUT2D eigenvalue weighted by Gasteiger charge is -2.29. The number of aromatic nitrogens is 4. The number of nitrogens with zero attached hydrogens (tertiary/aromatic N) is 5. The third kappa shape index (κ3) is 4.39. The number of nitrogens with one attached hydrogen (secondary N) is 1. The van der Waals surface area contributed by atoms with E-state index in [4.69, 9.17) is 4.99 Å². The molecule has 7 heteroatoms. The van der Waals surface area contributed by atoms with E-state index < -0.39 is 5.54 Å². The van der Waals surface area contributed by atoms with Crippen molar-refractivity contribution in [3.8, 4) is 22.5 Å². The Morgan fingerprint density at radius 3 is 2.44 bits per heavy atom. The molecule has 1 spiro atoms. The normalized spacial score (nSPS) is 17.4. The number of hydrogen-bond acceptors (Lipinski definition) is 5. The minimum atomic E-state index is -0.497. The second kappa shape index (κ2) is 9.87. The Balaban J connectivity index is 1.37. The second-order valence-corrected chi connectivity index (χ2v) is 9.45. The van der Waals surface area contributed by atoms with Gasteiger partial charge in [-0.05, 0) is 41.2 Å². The Bertz CT molecular complexity index is 1150. The van der Waals surface area contributed by atoms with Crippen molar-refractivity contribution in [3.63, 3.8) is 0 Å². The van der Waals surface area contributed by atoms with Crippen molar-refractivity contribution in [3.05, 3.63) is 54.1 Å². The molecule has 176 valence electrons.